The molecule has 2 radical (unpaired) electrons. The van der Waals surface area contributed by atoms with Crippen LogP contribution in [0.15, 0.2) is 42.5 Å². The zero-order valence-electron chi connectivity index (χ0n) is 9.34. The van der Waals surface area contributed by atoms with Crippen LogP contribution in [0, 0.1) is 6.92 Å². The molecule has 0 aliphatic heterocycles. The Morgan fingerprint density at radius 1 is 1.12 bits per heavy atom. The van der Waals surface area contributed by atoms with E-state index in [1.807, 2.05) is 6.07 Å². The second-order valence-corrected chi connectivity index (χ2v) is 6.03. The van der Waals surface area contributed by atoms with E-state index in [0.717, 1.165) is 10.5 Å². The Balaban J connectivity index is 2.17. The monoisotopic (exact) mass is 299 g/mol. The third-order valence-corrected chi connectivity index (χ3v) is 4.88. The van der Waals surface area contributed by atoms with Gasteiger partial charge in [0.1, 0.15) is 0 Å². The van der Waals surface area contributed by atoms with Crippen molar-refractivity contribution in [2.45, 2.75) is 6.92 Å². The molecule has 0 atom stereocenters. The number of thiazole rings is 1. The average molecular weight is 299 g/mol. The molecule has 0 aliphatic carbocycles. The van der Waals surface area contributed by atoms with E-state index < -0.39 is 0 Å². The van der Waals surface area contributed by atoms with Gasteiger partial charge < -0.3 is 0 Å². The molecule has 1 heterocycles. The Morgan fingerprint density at radius 3 is 2.71 bits per heavy atom. The Bertz CT molecular complexity index is 655. The summed E-state index contributed by atoms with van der Waals surface area (Å²) in [5, 5.41) is 1.10. The molecule has 1 aromatic heterocycles. The zero-order valence-corrected chi connectivity index (χ0v) is 12.0. The van der Waals surface area contributed by atoms with Crippen molar-refractivity contribution in [3.05, 3.63) is 48.0 Å². The molecule has 0 amide bonds. The van der Waals surface area contributed by atoms with Crippen LogP contribution in [0.1, 0.15) is 5.56 Å². The molecular weight excluding hydrogens is 289 g/mol. The minimum absolute atomic E-state index is 1.08. The van der Waals surface area contributed by atoms with E-state index in [2.05, 4.69) is 65.2 Å². The summed E-state index contributed by atoms with van der Waals surface area (Å²) in [6.07, 6.45) is 0. The van der Waals surface area contributed by atoms with Crippen LogP contribution in [0.3, 0.4) is 0 Å². The summed E-state index contributed by atoms with van der Waals surface area (Å²) < 4.78 is 2.51. The van der Waals surface area contributed by atoms with Crippen LogP contribution in [0.2, 0.25) is 0 Å². The molecule has 3 heteroatoms. The summed E-state index contributed by atoms with van der Waals surface area (Å²) in [5.74, 6) is 0. The normalized spacial score (nSPS) is 10.9. The van der Waals surface area contributed by atoms with E-state index in [1.54, 1.807) is 11.3 Å². The average Bonchev–Trinajstić information content (AvgIpc) is 2.76. The van der Waals surface area contributed by atoms with Crippen LogP contribution in [-0.4, -0.2) is 21.8 Å². The van der Waals surface area contributed by atoms with Crippen molar-refractivity contribution >= 4 is 42.8 Å². The molecule has 0 saturated heterocycles. The van der Waals surface area contributed by atoms with Gasteiger partial charge in [-0.05, 0) is 0 Å². The van der Waals surface area contributed by atoms with Crippen molar-refractivity contribution in [1.29, 1.82) is 0 Å². The molecule has 1 nitrogen and oxygen atoms in total. The van der Waals surface area contributed by atoms with Gasteiger partial charge in [-0.3, -0.25) is 0 Å². The van der Waals surface area contributed by atoms with Crippen molar-refractivity contribution in [3.63, 3.8) is 0 Å². The van der Waals surface area contributed by atoms with Crippen LogP contribution < -0.4 is 4.35 Å². The Kier molecular flexibility index (Phi) is 2.77. The molecule has 0 spiro atoms. The van der Waals surface area contributed by atoms with E-state index in [-0.39, 0.29) is 0 Å². The molecule has 82 valence electrons. The maximum absolute atomic E-state index is 4.67. The van der Waals surface area contributed by atoms with E-state index >= 15 is 0 Å². The van der Waals surface area contributed by atoms with Crippen LogP contribution in [0.5, 0.6) is 0 Å². The Labute approximate surface area is 113 Å². The summed E-state index contributed by atoms with van der Waals surface area (Å²) in [6, 6.07) is 14.7. The first-order valence-corrected chi connectivity index (χ1v) is 7.15. The molecule has 3 aromatic rings. The van der Waals surface area contributed by atoms with Gasteiger partial charge in [0, 0.05) is 0 Å². The second kappa shape index (κ2) is 4.28. The van der Waals surface area contributed by atoms with Gasteiger partial charge in [0.25, 0.3) is 0 Å². The van der Waals surface area contributed by atoms with Gasteiger partial charge in [-0.2, -0.15) is 0 Å². The Hall–Kier alpha value is -1.11. The van der Waals surface area contributed by atoms with Crippen LogP contribution in [0.25, 0.3) is 20.8 Å². The first-order chi connectivity index (χ1) is 8.24. The number of fused-ring (bicyclic) bond motifs is 1. The first kappa shape index (κ1) is 11.0. The number of nitrogens with zero attached hydrogens (tertiary/aromatic N) is 1. The van der Waals surface area contributed by atoms with Crippen molar-refractivity contribution < 1.29 is 0 Å². The quantitative estimate of drug-likeness (QED) is 0.629. The van der Waals surface area contributed by atoms with Crippen molar-refractivity contribution in [3.8, 4) is 10.6 Å². The molecule has 17 heavy (non-hydrogen) atoms. The zero-order chi connectivity index (χ0) is 11.8. The third kappa shape index (κ3) is 2.03. The van der Waals surface area contributed by atoms with Crippen molar-refractivity contribution in [1.82, 2.24) is 4.98 Å². The molecule has 0 fully saturated rings. The fraction of sp³-hybridized carbons (Fsp3) is 0.0714. The van der Waals surface area contributed by atoms with Gasteiger partial charge >= 0.3 is 113 Å². The van der Waals surface area contributed by atoms with Crippen LogP contribution in [0.4, 0.5) is 0 Å². The van der Waals surface area contributed by atoms with Crippen molar-refractivity contribution in [2.24, 2.45) is 0 Å². The number of benzene rings is 2. The number of aromatic nitrogens is 1. The number of hydrogen-bond acceptors (Lipinski definition) is 2. The summed E-state index contributed by atoms with van der Waals surface area (Å²) in [7, 11) is 0. The van der Waals surface area contributed by atoms with E-state index in [0.29, 0.717) is 0 Å². The summed E-state index contributed by atoms with van der Waals surface area (Å²) in [6.45, 7) is 2.13. The SMILES string of the molecule is Cc1cc(-c2nc3ccccc3s2)ccc1[As]. The second-order valence-electron chi connectivity index (χ2n) is 3.99. The van der Waals surface area contributed by atoms with E-state index in [1.165, 1.54) is 20.2 Å². The van der Waals surface area contributed by atoms with Gasteiger partial charge in [0.05, 0.1) is 0 Å². The van der Waals surface area contributed by atoms with E-state index in [9.17, 15) is 0 Å². The molecule has 3 rings (SSSR count). The van der Waals surface area contributed by atoms with Gasteiger partial charge in [0.2, 0.25) is 0 Å². The van der Waals surface area contributed by atoms with Gasteiger partial charge in [-0.25, -0.2) is 0 Å². The first-order valence-electron chi connectivity index (χ1n) is 5.39. The van der Waals surface area contributed by atoms with Gasteiger partial charge in [0.15, 0.2) is 0 Å². The number of aryl methyl sites for hydroxylation is 1. The van der Waals surface area contributed by atoms with Gasteiger partial charge in [-0.1, -0.05) is 0 Å². The predicted molar refractivity (Wildman–Crippen MR) is 75.2 cm³/mol. The topological polar surface area (TPSA) is 12.9 Å². The minimum atomic E-state index is 1.08. The molecule has 0 N–H and O–H groups in total. The van der Waals surface area contributed by atoms with Gasteiger partial charge in [-0.15, -0.1) is 0 Å². The van der Waals surface area contributed by atoms with Crippen LogP contribution in [-0.2, 0) is 0 Å². The van der Waals surface area contributed by atoms with Crippen molar-refractivity contribution in [2.75, 3.05) is 0 Å². The molecule has 0 saturated carbocycles. The molecular formula is C14H10AsNS. The molecule has 2 aromatic carbocycles. The number of para-hydroxylation sites is 1. The molecule has 0 unspecified atom stereocenters. The summed E-state index contributed by atoms with van der Waals surface area (Å²) in [4.78, 5) is 4.67. The third-order valence-electron chi connectivity index (χ3n) is 2.74. The fourth-order valence-corrected chi connectivity index (χ4v) is 3.04. The molecule has 0 bridgehead atoms. The number of hydrogen-bond donors (Lipinski definition) is 0. The maximum atomic E-state index is 4.67. The number of rotatable bonds is 1. The fourth-order valence-electron chi connectivity index (χ4n) is 1.78. The molecule has 0 aliphatic rings. The Morgan fingerprint density at radius 2 is 1.94 bits per heavy atom. The standard InChI is InChI=1S/C14H10AsNS/c1-9-8-10(6-7-11(9)15)14-16-12-4-2-3-5-13(12)17-14/h2-8H,1H3. The summed E-state index contributed by atoms with van der Waals surface area (Å²) >= 11 is 4.35. The summed E-state index contributed by atoms with van der Waals surface area (Å²) in [5.41, 5.74) is 3.58. The predicted octanol–water partition coefficient (Wildman–Crippen LogP) is 3.07. The van der Waals surface area contributed by atoms with E-state index in [4.69, 9.17) is 0 Å². The van der Waals surface area contributed by atoms with Crippen LogP contribution >= 0.6 is 11.3 Å².